The summed E-state index contributed by atoms with van der Waals surface area (Å²) in [5, 5.41) is 4.35. The zero-order valence-corrected chi connectivity index (χ0v) is 30.1. The van der Waals surface area contributed by atoms with E-state index in [0.717, 1.165) is 105 Å². The van der Waals surface area contributed by atoms with Crippen molar-refractivity contribution in [2.45, 2.75) is 0 Å². The second-order valence-electron chi connectivity index (χ2n) is 14.0. The molecule has 7 aromatic carbocycles. The molecule has 0 spiro atoms. The van der Waals surface area contributed by atoms with Crippen molar-refractivity contribution in [1.82, 2.24) is 15.0 Å². The minimum absolute atomic E-state index is 0.662. The Balaban J connectivity index is 1.03. The average Bonchev–Trinajstić information content (AvgIpc) is 3.86. The van der Waals surface area contributed by atoms with Crippen molar-refractivity contribution in [3.8, 4) is 67.3 Å². The third kappa shape index (κ3) is 5.37. The molecule has 11 rings (SSSR count). The maximum Gasteiger partial charge on any atom is 0.160 e. The third-order valence-electron chi connectivity index (χ3n) is 10.6. The number of hydrogen-bond donors (Lipinski definition) is 0. The van der Waals surface area contributed by atoms with Crippen molar-refractivity contribution in [3.05, 3.63) is 188 Å². The van der Waals surface area contributed by atoms with E-state index >= 15 is 0 Å². The van der Waals surface area contributed by atoms with E-state index < -0.39 is 0 Å². The fourth-order valence-corrected chi connectivity index (χ4v) is 7.91. The molecule has 4 heterocycles. The van der Waals surface area contributed by atoms with Crippen LogP contribution in [0.25, 0.3) is 111 Å². The third-order valence-corrected chi connectivity index (χ3v) is 10.6. The lowest BCUT2D eigenvalue weighted by Crippen LogP contribution is -1.96. The van der Waals surface area contributed by atoms with Gasteiger partial charge in [0.15, 0.2) is 5.82 Å². The van der Waals surface area contributed by atoms with Gasteiger partial charge in [-0.3, -0.25) is 4.98 Å². The van der Waals surface area contributed by atoms with E-state index in [1.807, 2.05) is 60.8 Å². The fraction of sp³-hybridized carbons (Fsp3) is 0. The Labute approximate surface area is 322 Å². The quantitative estimate of drug-likeness (QED) is 0.171. The highest BCUT2D eigenvalue weighted by Crippen LogP contribution is 2.45. The standard InChI is InChI=1S/C51H31N3O2/c1-2-11-33(12-3-1)44-30-45(54-51(53-44)36-14-8-13-35(29-36)37-15-10-28-52-31-37)34-24-22-32(23-25-34)38-26-27-40(48-43-17-5-7-21-47(43)56-50(38)48)42-19-9-18-41-39-16-4-6-20-46(39)55-49(41)42/h1-31H. The molecule has 0 saturated heterocycles. The van der Waals surface area contributed by atoms with E-state index in [2.05, 4.69) is 126 Å². The van der Waals surface area contributed by atoms with Crippen LogP contribution in [-0.4, -0.2) is 15.0 Å². The first kappa shape index (κ1) is 31.9. The van der Waals surface area contributed by atoms with Gasteiger partial charge in [-0.05, 0) is 53.1 Å². The minimum Gasteiger partial charge on any atom is -0.455 e. The molecule has 0 aliphatic heterocycles. The van der Waals surface area contributed by atoms with Gasteiger partial charge in [0.25, 0.3) is 0 Å². The average molecular weight is 718 g/mol. The Morgan fingerprint density at radius 3 is 1.77 bits per heavy atom. The number of benzene rings is 7. The van der Waals surface area contributed by atoms with Gasteiger partial charge in [0, 0.05) is 67.3 Å². The Bertz CT molecular complexity index is 3240. The molecule has 11 aromatic rings. The summed E-state index contributed by atoms with van der Waals surface area (Å²) in [5.74, 6) is 0.662. The first-order valence-corrected chi connectivity index (χ1v) is 18.7. The van der Waals surface area contributed by atoms with Crippen molar-refractivity contribution < 1.29 is 8.83 Å². The van der Waals surface area contributed by atoms with Gasteiger partial charge in [0.1, 0.15) is 22.3 Å². The van der Waals surface area contributed by atoms with Crippen LogP contribution in [-0.2, 0) is 0 Å². The number of hydrogen-bond acceptors (Lipinski definition) is 5. The van der Waals surface area contributed by atoms with Crippen LogP contribution in [0.1, 0.15) is 0 Å². The molecule has 4 aromatic heterocycles. The Hall–Kier alpha value is -7.63. The van der Waals surface area contributed by atoms with Crippen molar-refractivity contribution in [2.75, 3.05) is 0 Å². The molecule has 0 aliphatic rings. The summed E-state index contributed by atoms with van der Waals surface area (Å²) < 4.78 is 13.2. The molecule has 0 bridgehead atoms. The highest BCUT2D eigenvalue weighted by molar-refractivity contribution is 6.19. The first-order chi connectivity index (χ1) is 27.7. The number of para-hydroxylation sites is 3. The Morgan fingerprint density at radius 2 is 0.964 bits per heavy atom. The largest absolute Gasteiger partial charge is 0.455 e. The van der Waals surface area contributed by atoms with Crippen LogP contribution in [0, 0.1) is 0 Å². The number of fused-ring (bicyclic) bond motifs is 6. The van der Waals surface area contributed by atoms with Crippen molar-refractivity contribution >= 4 is 43.9 Å². The summed E-state index contributed by atoms with van der Waals surface area (Å²) in [6, 6.07) is 60.5. The summed E-state index contributed by atoms with van der Waals surface area (Å²) in [6.45, 7) is 0. The van der Waals surface area contributed by atoms with Gasteiger partial charge in [0.2, 0.25) is 0 Å². The van der Waals surface area contributed by atoms with Crippen LogP contribution in [0.2, 0.25) is 0 Å². The van der Waals surface area contributed by atoms with Crippen LogP contribution in [0.4, 0.5) is 0 Å². The molecule has 0 saturated carbocycles. The van der Waals surface area contributed by atoms with Gasteiger partial charge in [-0.2, -0.15) is 0 Å². The molecule has 0 atom stereocenters. The smallest absolute Gasteiger partial charge is 0.160 e. The van der Waals surface area contributed by atoms with Crippen molar-refractivity contribution in [3.63, 3.8) is 0 Å². The van der Waals surface area contributed by atoms with E-state index in [0.29, 0.717) is 5.82 Å². The van der Waals surface area contributed by atoms with Gasteiger partial charge >= 0.3 is 0 Å². The molecular formula is C51H31N3O2. The molecular weight excluding hydrogens is 687 g/mol. The fourth-order valence-electron chi connectivity index (χ4n) is 7.91. The number of pyridine rings is 1. The predicted octanol–water partition coefficient (Wildman–Crippen LogP) is 13.7. The van der Waals surface area contributed by atoms with Crippen molar-refractivity contribution in [2.24, 2.45) is 0 Å². The molecule has 0 aliphatic carbocycles. The maximum absolute atomic E-state index is 6.70. The van der Waals surface area contributed by atoms with Gasteiger partial charge < -0.3 is 8.83 Å². The van der Waals surface area contributed by atoms with Gasteiger partial charge in [-0.1, -0.05) is 140 Å². The SMILES string of the molecule is c1ccc(-c2cc(-c3ccc(-c4ccc(-c5cccc6c5oc5ccccc56)c5c4oc4ccccc45)cc3)nc(-c3cccc(-c4cccnc4)c3)n2)cc1. The van der Waals surface area contributed by atoms with Gasteiger partial charge in [0.05, 0.1) is 11.4 Å². The second kappa shape index (κ2) is 13.0. The van der Waals surface area contributed by atoms with E-state index in [1.54, 1.807) is 6.20 Å². The van der Waals surface area contributed by atoms with Crippen LogP contribution in [0.3, 0.4) is 0 Å². The monoisotopic (exact) mass is 717 g/mol. The molecule has 0 unspecified atom stereocenters. The topological polar surface area (TPSA) is 65.0 Å². The summed E-state index contributed by atoms with van der Waals surface area (Å²) in [5.41, 5.74) is 14.4. The first-order valence-electron chi connectivity index (χ1n) is 18.7. The molecule has 5 heteroatoms. The minimum atomic E-state index is 0.662. The molecule has 0 N–H and O–H groups in total. The summed E-state index contributed by atoms with van der Waals surface area (Å²) >= 11 is 0. The summed E-state index contributed by atoms with van der Waals surface area (Å²) in [6.07, 6.45) is 3.66. The molecule has 0 amide bonds. The van der Waals surface area contributed by atoms with E-state index in [1.165, 1.54) is 0 Å². The van der Waals surface area contributed by atoms with Crippen LogP contribution >= 0.6 is 0 Å². The van der Waals surface area contributed by atoms with E-state index in [-0.39, 0.29) is 0 Å². The number of aromatic nitrogens is 3. The van der Waals surface area contributed by atoms with E-state index in [9.17, 15) is 0 Å². The molecule has 0 radical (unpaired) electrons. The number of furan rings is 2. The van der Waals surface area contributed by atoms with Gasteiger partial charge in [-0.15, -0.1) is 0 Å². The summed E-state index contributed by atoms with van der Waals surface area (Å²) in [7, 11) is 0. The summed E-state index contributed by atoms with van der Waals surface area (Å²) in [4.78, 5) is 14.5. The van der Waals surface area contributed by atoms with Crippen LogP contribution < -0.4 is 0 Å². The molecule has 0 fully saturated rings. The van der Waals surface area contributed by atoms with Crippen LogP contribution in [0.5, 0.6) is 0 Å². The lowest BCUT2D eigenvalue weighted by molar-refractivity contribution is 0.669. The zero-order valence-electron chi connectivity index (χ0n) is 30.1. The predicted molar refractivity (Wildman–Crippen MR) is 227 cm³/mol. The van der Waals surface area contributed by atoms with Crippen molar-refractivity contribution in [1.29, 1.82) is 0 Å². The van der Waals surface area contributed by atoms with E-state index in [4.69, 9.17) is 18.8 Å². The Kier molecular flexibility index (Phi) is 7.42. The Morgan fingerprint density at radius 1 is 0.357 bits per heavy atom. The number of rotatable bonds is 6. The van der Waals surface area contributed by atoms with Crippen LogP contribution in [0.15, 0.2) is 197 Å². The lowest BCUT2D eigenvalue weighted by atomic mass is 9.93. The van der Waals surface area contributed by atoms with Gasteiger partial charge in [-0.25, -0.2) is 9.97 Å². The number of nitrogens with zero attached hydrogens (tertiary/aromatic N) is 3. The highest BCUT2D eigenvalue weighted by Gasteiger charge is 2.21. The lowest BCUT2D eigenvalue weighted by Gasteiger charge is -2.12. The zero-order chi connectivity index (χ0) is 37.0. The second-order valence-corrected chi connectivity index (χ2v) is 14.0. The molecule has 262 valence electrons. The normalized spacial score (nSPS) is 11.6. The molecule has 5 nitrogen and oxygen atoms in total. The maximum atomic E-state index is 6.70. The highest BCUT2D eigenvalue weighted by atomic mass is 16.3. The molecule has 56 heavy (non-hydrogen) atoms.